The molecule has 186 valence electrons. The van der Waals surface area contributed by atoms with E-state index in [0.29, 0.717) is 32.6 Å². The summed E-state index contributed by atoms with van der Waals surface area (Å²) in [4.78, 5) is 18.8. The van der Waals surface area contributed by atoms with Crippen LogP contribution in [-0.4, -0.2) is 61.0 Å². The standard InChI is InChI=1S/C30H34N4O2/c1-4-20-16-23-24(17-26(20)34-9-7-21(8-10-34)33-11-13-36-14-12-33)30(2,3)29-27(28(23)35)22-6-5-19(18-31)15-25(22)32-29/h5-6,15-17,21,32H,4,7-14H2,1-3H3/i4D2,7D2,8D2,9D2,10D2,21D. The van der Waals surface area contributed by atoms with Gasteiger partial charge in [-0.25, -0.2) is 0 Å². The van der Waals surface area contributed by atoms with Gasteiger partial charge in [-0.2, -0.15) is 5.26 Å². The molecule has 0 atom stereocenters. The monoisotopic (exact) mass is 493 g/mol. The number of aryl methyl sites for hydroxylation is 1. The number of anilines is 1. The van der Waals surface area contributed by atoms with Crippen molar-refractivity contribution < 1.29 is 24.6 Å². The fourth-order valence-corrected chi connectivity index (χ4v) is 5.26. The van der Waals surface area contributed by atoms with E-state index in [2.05, 4.69) is 11.1 Å². The molecule has 0 radical (unpaired) electrons. The number of H-pyrrole nitrogens is 1. The summed E-state index contributed by atoms with van der Waals surface area (Å²) in [6.45, 7) is -2.38. The van der Waals surface area contributed by atoms with Crippen LogP contribution in [0.4, 0.5) is 5.69 Å². The maximum Gasteiger partial charge on any atom is 0.195 e. The quantitative estimate of drug-likeness (QED) is 0.569. The molecule has 0 saturated carbocycles. The molecule has 1 N–H and O–H groups in total. The Morgan fingerprint density at radius 1 is 1.25 bits per heavy atom. The highest BCUT2D eigenvalue weighted by molar-refractivity contribution is 6.20. The molecule has 1 aromatic heterocycles. The van der Waals surface area contributed by atoms with Gasteiger partial charge in [0.2, 0.25) is 0 Å². The molecule has 2 aliphatic heterocycles. The van der Waals surface area contributed by atoms with Crippen molar-refractivity contribution in [1.29, 1.82) is 5.26 Å². The Balaban J connectivity index is 1.63. The largest absolute Gasteiger partial charge is 0.379 e. The smallest absolute Gasteiger partial charge is 0.195 e. The second kappa shape index (κ2) is 8.76. The second-order valence-electron chi connectivity index (χ2n) is 9.62. The summed E-state index contributed by atoms with van der Waals surface area (Å²) in [6, 6.07) is 6.31. The number of hydrogen-bond acceptors (Lipinski definition) is 5. The molecule has 0 spiro atoms. The number of carbonyl (C=O) groups excluding carboxylic acids is 1. The predicted octanol–water partition coefficient (Wildman–Crippen LogP) is 4.77. The Kier molecular flexibility index (Phi) is 3.40. The summed E-state index contributed by atoms with van der Waals surface area (Å²) in [7, 11) is 0. The number of ketones is 1. The number of aromatic nitrogens is 1. The molecule has 2 saturated heterocycles. The van der Waals surface area contributed by atoms with Crippen LogP contribution in [0.5, 0.6) is 0 Å². The van der Waals surface area contributed by atoms with E-state index in [-0.39, 0.29) is 43.0 Å². The SMILES string of the molecule is [2H]C([2H])(C)c1cc2c(cc1N1C([2H])([2H])C([2H])([2H])C([2H])(N3CCOCC3)C([2H])([2H])C1([2H])[2H])C(C)(C)c1[nH]c3cc(C#N)ccc3c1C2=O. The topological polar surface area (TPSA) is 72.4 Å². The summed E-state index contributed by atoms with van der Waals surface area (Å²) < 4.78 is 105. The molecule has 6 nitrogen and oxygen atoms in total. The number of fused-ring (bicyclic) bond motifs is 4. The molecule has 3 aromatic rings. The lowest BCUT2D eigenvalue weighted by atomic mass is 9.70. The molecule has 6 heteroatoms. The molecular formula is C30H34N4O2. The summed E-state index contributed by atoms with van der Waals surface area (Å²) >= 11 is 0. The maximum absolute atomic E-state index is 14.2. The van der Waals surface area contributed by atoms with Gasteiger partial charge in [0, 0.05) is 80.4 Å². The van der Waals surface area contributed by atoms with Crippen LogP contribution in [0.15, 0.2) is 30.3 Å². The van der Waals surface area contributed by atoms with Crippen molar-refractivity contribution in [2.45, 2.75) is 51.3 Å². The first-order chi connectivity index (χ1) is 21.5. The van der Waals surface area contributed by atoms with Gasteiger partial charge in [0.15, 0.2) is 5.78 Å². The number of ether oxygens (including phenoxy) is 1. The Labute approximate surface area is 228 Å². The van der Waals surface area contributed by atoms with Crippen molar-refractivity contribution in [3.8, 4) is 6.07 Å². The normalized spacial score (nSPS) is 31.7. The number of hydrogen-bond donors (Lipinski definition) is 1. The molecule has 6 rings (SSSR count). The highest BCUT2D eigenvalue weighted by Crippen LogP contribution is 2.46. The van der Waals surface area contributed by atoms with Crippen LogP contribution in [0.3, 0.4) is 0 Å². The average molecular weight is 494 g/mol. The minimum absolute atomic E-state index is 0.0180. The number of nitriles is 1. The molecule has 1 aliphatic carbocycles. The average Bonchev–Trinajstić information content (AvgIpc) is 3.38. The molecule has 2 aromatic carbocycles. The van der Waals surface area contributed by atoms with Crippen LogP contribution < -0.4 is 4.90 Å². The van der Waals surface area contributed by atoms with E-state index in [9.17, 15) is 11.4 Å². The van der Waals surface area contributed by atoms with Crippen LogP contribution in [-0.2, 0) is 16.5 Å². The van der Waals surface area contributed by atoms with Gasteiger partial charge in [0.05, 0.1) is 30.4 Å². The molecular weight excluding hydrogens is 448 g/mol. The van der Waals surface area contributed by atoms with Gasteiger partial charge >= 0.3 is 0 Å². The summed E-state index contributed by atoms with van der Waals surface area (Å²) in [5.74, 6) is -0.477. The van der Waals surface area contributed by atoms with Gasteiger partial charge in [0.25, 0.3) is 0 Å². The van der Waals surface area contributed by atoms with Crippen molar-refractivity contribution in [2.24, 2.45) is 0 Å². The maximum atomic E-state index is 14.2. The van der Waals surface area contributed by atoms with E-state index >= 15 is 0 Å². The Morgan fingerprint density at radius 2 is 2.00 bits per heavy atom. The third kappa shape index (κ3) is 3.56. The summed E-state index contributed by atoms with van der Waals surface area (Å²) in [5, 5.41) is 9.97. The summed E-state index contributed by atoms with van der Waals surface area (Å²) in [5.41, 5.74) is 0.118. The van der Waals surface area contributed by atoms with E-state index < -0.39 is 55.0 Å². The van der Waals surface area contributed by atoms with Crippen LogP contribution in [0, 0.1) is 11.3 Å². The first kappa shape index (κ1) is 14.0. The number of carbonyl (C=O) groups is 1. The Hall–Kier alpha value is -3.14. The second-order valence-corrected chi connectivity index (χ2v) is 9.62. The number of aromatic amines is 1. The first-order valence-electron chi connectivity index (χ1n) is 17.4. The van der Waals surface area contributed by atoms with E-state index in [1.54, 1.807) is 32.0 Å². The fourth-order valence-electron chi connectivity index (χ4n) is 5.26. The molecule has 0 amide bonds. The van der Waals surface area contributed by atoms with Crippen LogP contribution in [0.1, 0.15) is 86.9 Å². The van der Waals surface area contributed by atoms with Crippen molar-refractivity contribution >= 4 is 22.4 Å². The minimum atomic E-state index is -3.42. The van der Waals surface area contributed by atoms with Crippen molar-refractivity contribution in [3.63, 3.8) is 0 Å². The lowest BCUT2D eigenvalue weighted by molar-refractivity contribution is 0.0115. The first-order valence-corrected chi connectivity index (χ1v) is 11.9. The van der Waals surface area contributed by atoms with Gasteiger partial charge < -0.3 is 14.6 Å². The molecule has 36 heavy (non-hydrogen) atoms. The fraction of sp³-hybridized carbons (Fsp3) is 0.467. The van der Waals surface area contributed by atoms with Gasteiger partial charge in [-0.3, -0.25) is 9.69 Å². The van der Waals surface area contributed by atoms with Gasteiger partial charge in [-0.15, -0.1) is 0 Å². The van der Waals surface area contributed by atoms with E-state index in [1.807, 2.05) is 0 Å². The number of benzene rings is 2. The predicted molar refractivity (Wildman–Crippen MR) is 142 cm³/mol. The van der Waals surface area contributed by atoms with Gasteiger partial charge in [-0.05, 0) is 54.5 Å². The number of rotatable bonds is 3. The molecule has 0 unspecified atom stereocenters. The lowest BCUT2D eigenvalue weighted by Crippen LogP contribution is -2.49. The zero-order valence-corrected chi connectivity index (χ0v) is 20.4. The van der Waals surface area contributed by atoms with E-state index in [1.165, 1.54) is 12.1 Å². The molecule has 0 bridgehead atoms. The minimum Gasteiger partial charge on any atom is -0.379 e. The number of piperidine rings is 1. The third-order valence-corrected chi connectivity index (χ3v) is 7.24. The third-order valence-electron chi connectivity index (χ3n) is 7.24. The van der Waals surface area contributed by atoms with Gasteiger partial charge in [0.1, 0.15) is 0 Å². The van der Waals surface area contributed by atoms with Crippen LogP contribution >= 0.6 is 0 Å². The number of morpholine rings is 1. The number of nitrogens with zero attached hydrogens (tertiary/aromatic N) is 3. The van der Waals surface area contributed by atoms with Crippen molar-refractivity contribution in [1.82, 2.24) is 9.88 Å². The van der Waals surface area contributed by atoms with Crippen molar-refractivity contribution in [3.05, 3.63) is 63.8 Å². The molecule has 2 fully saturated rings. The number of nitrogens with one attached hydrogen (secondary N) is 1. The van der Waals surface area contributed by atoms with Crippen LogP contribution in [0.25, 0.3) is 10.9 Å². The molecule has 3 heterocycles. The Morgan fingerprint density at radius 3 is 2.69 bits per heavy atom. The summed E-state index contributed by atoms with van der Waals surface area (Å²) in [6.07, 6.45) is -9.13. The Bertz CT molecular complexity index is 1840. The zero-order valence-electron chi connectivity index (χ0n) is 31.4. The van der Waals surface area contributed by atoms with E-state index in [0.717, 1.165) is 11.8 Å². The van der Waals surface area contributed by atoms with Crippen LogP contribution in [0.2, 0.25) is 0 Å². The zero-order chi connectivity index (χ0) is 34.9. The van der Waals surface area contributed by atoms with Gasteiger partial charge in [-0.1, -0.05) is 26.8 Å². The highest BCUT2D eigenvalue weighted by Gasteiger charge is 2.40. The molecule has 3 aliphatic rings. The highest BCUT2D eigenvalue weighted by atomic mass is 16.5. The van der Waals surface area contributed by atoms with E-state index in [4.69, 9.17) is 18.4 Å². The van der Waals surface area contributed by atoms with Crippen molar-refractivity contribution in [2.75, 3.05) is 44.2 Å². The lowest BCUT2D eigenvalue weighted by Gasteiger charge is -2.42.